The van der Waals surface area contributed by atoms with Gasteiger partial charge in [0.2, 0.25) is 5.96 Å². The number of hydrogen-bond acceptors (Lipinski definition) is 2. The number of nitrogens with zero attached hydrogens (tertiary/aromatic N) is 1. The summed E-state index contributed by atoms with van der Waals surface area (Å²) in [6, 6.07) is 8.09. The molecule has 0 spiro atoms. The number of nitrogens with two attached hydrogens (primary N) is 1. The van der Waals surface area contributed by atoms with Gasteiger partial charge in [0.05, 0.1) is 12.9 Å². The lowest BCUT2D eigenvalue weighted by Gasteiger charge is -2.06. The van der Waals surface area contributed by atoms with E-state index in [1.54, 1.807) is 0 Å². The maximum absolute atomic E-state index is 6.88. The van der Waals surface area contributed by atoms with Gasteiger partial charge in [0, 0.05) is 6.54 Å². The fraction of sp³-hybridized carbons (Fsp3) is 0.429. The van der Waals surface area contributed by atoms with Gasteiger partial charge in [0.1, 0.15) is 5.75 Å². The molecule has 0 aliphatic rings. The van der Waals surface area contributed by atoms with Gasteiger partial charge < -0.3 is 15.8 Å². The summed E-state index contributed by atoms with van der Waals surface area (Å²) in [5.74, 6) is 0.747. The van der Waals surface area contributed by atoms with E-state index in [4.69, 9.17) is 15.9 Å². The van der Waals surface area contributed by atoms with Gasteiger partial charge in [-0.05, 0) is 38.3 Å². The fourth-order valence-electron chi connectivity index (χ4n) is 1.51. The molecule has 0 aliphatic carbocycles. The van der Waals surface area contributed by atoms with Gasteiger partial charge >= 0.3 is 0 Å². The van der Waals surface area contributed by atoms with Gasteiger partial charge in [-0.3, -0.25) is 5.41 Å². The monoisotopic (exact) mass is 262 g/mol. The van der Waals surface area contributed by atoms with Crippen LogP contribution in [-0.2, 0) is 0 Å². The maximum Gasteiger partial charge on any atom is 0.213 e. The fourth-order valence-corrected chi connectivity index (χ4v) is 1.51. The number of guanidine groups is 1. The van der Waals surface area contributed by atoms with Crippen molar-refractivity contribution in [1.29, 1.82) is 5.41 Å². The number of unbranched alkanes of at least 4 members (excludes halogenated alkanes) is 2. The number of benzene rings is 1. The predicted octanol–water partition coefficient (Wildman–Crippen LogP) is 2.06. The zero-order valence-electron chi connectivity index (χ0n) is 11.4. The summed E-state index contributed by atoms with van der Waals surface area (Å²) in [4.78, 5) is 3.61. The third-order valence-corrected chi connectivity index (χ3v) is 2.55. The van der Waals surface area contributed by atoms with Gasteiger partial charge in [0.15, 0.2) is 0 Å². The van der Waals surface area contributed by atoms with Crippen LogP contribution in [0.1, 0.15) is 24.8 Å². The Morgan fingerprint density at radius 3 is 2.74 bits per heavy atom. The van der Waals surface area contributed by atoms with Crippen LogP contribution in [0.15, 0.2) is 29.3 Å². The zero-order chi connectivity index (χ0) is 13.9. The van der Waals surface area contributed by atoms with Crippen molar-refractivity contribution in [2.45, 2.75) is 26.2 Å². The molecule has 0 unspecified atom stereocenters. The molecule has 0 bridgehead atoms. The van der Waals surface area contributed by atoms with Gasteiger partial charge in [-0.1, -0.05) is 17.7 Å². The van der Waals surface area contributed by atoms with Crippen molar-refractivity contribution in [3.8, 4) is 5.75 Å². The minimum absolute atomic E-state index is 0.181. The van der Waals surface area contributed by atoms with Crippen LogP contribution in [0, 0.1) is 12.3 Å². The van der Waals surface area contributed by atoms with E-state index in [0.717, 1.165) is 38.2 Å². The van der Waals surface area contributed by atoms with E-state index in [9.17, 15) is 0 Å². The molecule has 0 heterocycles. The van der Waals surface area contributed by atoms with Crippen LogP contribution < -0.4 is 15.8 Å². The topological polar surface area (TPSA) is 83.5 Å². The highest BCUT2D eigenvalue weighted by Crippen LogP contribution is 2.11. The summed E-state index contributed by atoms with van der Waals surface area (Å²) in [5, 5.41) is 9.86. The SMILES string of the molecule is Cc1ccc(OCCCCCN/C=N\C(=N)N)cc1. The lowest BCUT2D eigenvalue weighted by atomic mass is 10.2. The Hall–Kier alpha value is -2.04. The predicted molar refractivity (Wildman–Crippen MR) is 78.9 cm³/mol. The largest absolute Gasteiger partial charge is 0.494 e. The highest BCUT2D eigenvalue weighted by Gasteiger charge is 1.93. The summed E-state index contributed by atoms with van der Waals surface area (Å²) in [6.45, 7) is 3.64. The smallest absolute Gasteiger partial charge is 0.213 e. The van der Waals surface area contributed by atoms with E-state index < -0.39 is 0 Å². The molecule has 0 saturated carbocycles. The first-order chi connectivity index (χ1) is 9.18. The summed E-state index contributed by atoms with van der Waals surface area (Å²) in [7, 11) is 0. The second kappa shape index (κ2) is 8.97. The van der Waals surface area contributed by atoms with Crippen molar-refractivity contribution in [3.63, 3.8) is 0 Å². The Balaban J connectivity index is 1.97. The van der Waals surface area contributed by atoms with Gasteiger partial charge in [-0.2, -0.15) is 0 Å². The molecule has 0 aliphatic heterocycles. The van der Waals surface area contributed by atoms with Crippen molar-refractivity contribution < 1.29 is 4.74 Å². The molecule has 1 aromatic carbocycles. The van der Waals surface area contributed by atoms with Crippen LogP contribution in [0.25, 0.3) is 0 Å². The number of aryl methyl sites for hydroxylation is 1. The molecule has 104 valence electrons. The van der Waals surface area contributed by atoms with Crippen molar-refractivity contribution >= 4 is 12.3 Å². The first-order valence-corrected chi connectivity index (χ1v) is 6.48. The Bertz CT molecular complexity index is 400. The molecule has 4 N–H and O–H groups in total. The Morgan fingerprint density at radius 2 is 2.05 bits per heavy atom. The average molecular weight is 262 g/mol. The highest BCUT2D eigenvalue weighted by molar-refractivity contribution is 5.83. The van der Waals surface area contributed by atoms with Crippen LogP contribution in [0.2, 0.25) is 0 Å². The molecule has 19 heavy (non-hydrogen) atoms. The first-order valence-electron chi connectivity index (χ1n) is 6.48. The van der Waals surface area contributed by atoms with Gasteiger partial charge in [-0.25, -0.2) is 4.99 Å². The number of hydrogen-bond donors (Lipinski definition) is 3. The van der Waals surface area contributed by atoms with Crippen LogP contribution in [0.3, 0.4) is 0 Å². The number of rotatable bonds is 8. The minimum Gasteiger partial charge on any atom is -0.494 e. The molecule has 0 amide bonds. The van der Waals surface area contributed by atoms with Crippen LogP contribution >= 0.6 is 0 Å². The average Bonchev–Trinajstić information content (AvgIpc) is 2.38. The molecular formula is C14H22N4O. The maximum atomic E-state index is 6.88. The van der Waals surface area contributed by atoms with E-state index in [0.29, 0.717) is 0 Å². The van der Waals surface area contributed by atoms with E-state index >= 15 is 0 Å². The standard InChI is InChI=1S/C14H22N4O/c1-12-5-7-13(8-6-12)19-10-4-2-3-9-17-11-18-14(15)16/h5-8,11H,2-4,9-10H2,1H3,(H4,15,16,17,18). The van der Waals surface area contributed by atoms with Crippen LogP contribution in [0.5, 0.6) is 5.75 Å². The molecular weight excluding hydrogens is 240 g/mol. The summed E-state index contributed by atoms with van der Waals surface area (Å²) in [6.07, 6.45) is 4.62. The van der Waals surface area contributed by atoms with Crippen LogP contribution in [-0.4, -0.2) is 25.4 Å². The third kappa shape index (κ3) is 7.81. The van der Waals surface area contributed by atoms with Crippen molar-refractivity contribution in [3.05, 3.63) is 29.8 Å². The molecule has 0 saturated heterocycles. The van der Waals surface area contributed by atoms with E-state index in [1.165, 1.54) is 11.9 Å². The number of aliphatic imine (C=N–C) groups is 1. The molecule has 5 heteroatoms. The molecule has 1 aromatic rings. The van der Waals surface area contributed by atoms with Crippen LogP contribution in [0.4, 0.5) is 0 Å². The van der Waals surface area contributed by atoms with Crippen molar-refractivity contribution in [2.24, 2.45) is 10.7 Å². The second-order valence-electron chi connectivity index (χ2n) is 4.32. The van der Waals surface area contributed by atoms with E-state index in [2.05, 4.69) is 17.2 Å². The minimum atomic E-state index is -0.181. The molecule has 0 atom stereocenters. The molecule has 5 nitrogen and oxygen atoms in total. The summed E-state index contributed by atoms with van der Waals surface area (Å²) >= 11 is 0. The number of nitrogens with one attached hydrogen (secondary N) is 2. The molecule has 0 fully saturated rings. The van der Waals surface area contributed by atoms with E-state index in [-0.39, 0.29) is 5.96 Å². The van der Waals surface area contributed by atoms with E-state index in [1.807, 2.05) is 24.3 Å². The third-order valence-electron chi connectivity index (χ3n) is 2.55. The van der Waals surface area contributed by atoms with Crippen molar-refractivity contribution in [1.82, 2.24) is 5.32 Å². The quantitative estimate of drug-likeness (QED) is 0.381. The highest BCUT2D eigenvalue weighted by atomic mass is 16.5. The van der Waals surface area contributed by atoms with Crippen molar-refractivity contribution in [2.75, 3.05) is 13.2 Å². The zero-order valence-corrected chi connectivity index (χ0v) is 11.4. The van der Waals surface area contributed by atoms with Gasteiger partial charge in [0.25, 0.3) is 0 Å². The second-order valence-corrected chi connectivity index (χ2v) is 4.32. The molecule has 0 aromatic heterocycles. The normalized spacial score (nSPS) is 10.6. The lowest BCUT2D eigenvalue weighted by molar-refractivity contribution is 0.305. The molecule has 0 radical (unpaired) electrons. The Morgan fingerprint density at radius 1 is 1.32 bits per heavy atom. The van der Waals surface area contributed by atoms with Gasteiger partial charge in [-0.15, -0.1) is 0 Å². The first kappa shape index (κ1) is 15.0. The Kier molecular flexibility index (Phi) is 7.09. The number of ether oxygens (including phenoxy) is 1. The molecule has 1 rings (SSSR count). The summed E-state index contributed by atoms with van der Waals surface area (Å²) < 4.78 is 5.63. The Labute approximate surface area is 114 Å². The summed E-state index contributed by atoms with van der Waals surface area (Å²) in [5.41, 5.74) is 6.31. The lowest BCUT2D eigenvalue weighted by Crippen LogP contribution is -2.16.